The van der Waals surface area contributed by atoms with Crippen molar-refractivity contribution in [1.29, 1.82) is 0 Å². The maximum atomic E-state index is 11.6. The normalized spacial score (nSPS) is 10.7. The standard InChI is InChI=1S/C15H21N5O/c1-10(2)18-13(21)8-9-17-14-11-6-4-5-7-12(11)19-15(16-3)20-14/h4-7,10H,8-9H2,1-3H3,(H,18,21)(H2,16,17,19,20). The molecule has 2 aromatic rings. The number of para-hydroxylation sites is 1. The first-order valence-electron chi connectivity index (χ1n) is 7.08. The van der Waals surface area contributed by atoms with Gasteiger partial charge in [0.15, 0.2) is 0 Å². The van der Waals surface area contributed by atoms with Crippen LogP contribution in [0.2, 0.25) is 0 Å². The molecule has 0 aliphatic rings. The molecule has 1 aromatic carbocycles. The van der Waals surface area contributed by atoms with Crippen molar-refractivity contribution in [3.05, 3.63) is 24.3 Å². The van der Waals surface area contributed by atoms with Crippen molar-refractivity contribution in [3.8, 4) is 0 Å². The van der Waals surface area contributed by atoms with Crippen molar-refractivity contribution in [2.75, 3.05) is 24.2 Å². The molecule has 0 aliphatic carbocycles. The first-order chi connectivity index (χ1) is 10.1. The minimum absolute atomic E-state index is 0.0321. The van der Waals surface area contributed by atoms with Gasteiger partial charge in [0.05, 0.1) is 5.52 Å². The van der Waals surface area contributed by atoms with Gasteiger partial charge >= 0.3 is 0 Å². The Morgan fingerprint density at radius 3 is 2.71 bits per heavy atom. The summed E-state index contributed by atoms with van der Waals surface area (Å²) in [5.41, 5.74) is 0.867. The van der Waals surface area contributed by atoms with E-state index in [1.807, 2.05) is 38.1 Å². The number of amides is 1. The summed E-state index contributed by atoms with van der Waals surface area (Å²) < 4.78 is 0. The number of hydrogen-bond acceptors (Lipinski definition) is 5. The summed E-state index contributed by atoms with van der Waals surface area (Å²) in [7, 11) is 1.78. The van der Waals surface area contributed by atoms with Gasteiger partial charge < -0.3 is 16.0 Å². The number of fused-ring (bicyclic) bond motifs is 1. The first-order valence-corrected chi connectivity index (χ1v) is 7.08. The number of hydrogen-bond donors (Lipinski definition) is 3. The fraction of sp³-hybridized carbons (Fsp3) is 0.400. The Morgan fingerprint density at radius 1 is 1.24 bits per heavy atom. The second-order valence-corrected chi connectivity index (χ2v) is 5.06. The topological polar surface area (TPSA) is 78.9 Å². The van der Waals surface area contributed by atoms with Crippen LogP contribution in [0.25, 0.3) is 10.9 Å². The van der Waals surface area contributed by atoms with Gasteiger partial charge in [0.1, 0.15) is 5.82 Å². The second kappa shape index (κ2) is 6.88. The Bertz CT molecular complexity index is 626. The molecular weight excluding hydrogens is 266 g/mol. The maximum Gasteiger partial charge on any atom is 0.224 e. The van der Waals surface area contributed by atoms with E-state index in [9.17, 15) is 4.79 Å². The molecule has 0 fully saturated rings. The van der Waals surface area contributed by atoms with Crippen LogP contribution < -0.4 is 16.0 Å². The SMILES string of the molecule is CNc1nc(NCCC(=O)NC(C)C)c2ccccc2n1. The molecule has 0 spiro atoms. The van der Waals surface area contributed by atoms with Gasteiger partial charge in [-0.1, -0.05) is 12.1 Å². The number of anilines is 2. The van der Waals surface area contributed by atoms with Gasteiger partial charge in [0.25, 0.3) is 0 Å². The lowest BCUT2D eigenvalue weighted by Gasteiger charge is -2.11. The van der Waals surface area contributed by atoms with Crippen molar-refractivity contribution < 1.29 is 4.79 Å². The minimum Gasteiger partial charge on any atom is -0.369 e. The Morgan fingerprint density at radius 2 is 2.00 bits per heavy atom. The highest BCUT2D eigenvalue weighted by atomic mass is 16.1. The summed E-state index contributed by atoms with van der Waals surface area (Å²) in [5.74, 6) is 1.33. The van der Waals surface area contributed by atoms with Gasteiger partial charge in [-0.3, -0.25) is 4.79 Å². The van der Waals surface area contributed by atoms with E-state index in [1.165, 1.54) is 0 Å². The summed E-state index contributed by atoms with van der Waals surface area (Å²) >= 11 is 0. The molecule has 1 aromatic heterocycles. The van der Waals surface area contributed by atoms with Crippen LogP contribution in [0.4, 0.5) is 11.8 Å². The highest BCUT2D eigenvalue weighted by Gasteiger charge is 2.07. The van der Waals surface area contributed by atoms with Gasteiger partial charge in [-0.25, -0.2) is 4.98 Å². The number of carbonyl (C=O) groups is 1. The second-order valence-electron chi connectivity index (χ2n) is 5.06. The third-order valence-electron chi connectivity index (χ3n) is 2.92. The van der Waals surface area contributed by atoms with Crippen molar-refractivity contribution >= 4 is 28.6 Å². The maximum absolute atomic E-state index is 11.6. The van der Waals surface area contributed by atoms with E-state index in [-0.39, 0.29) is 11.9 Å². The lowest BCUT2D eigenvalue weighted by molar-refractivity contribution is -0.121. The van der Waals surface area contributed by atoms with Crippen LogP contribution in [0.3, 0.4) is 0 Å². The minimum atomic E-state index is 0.0321. The van der Waals surface area contributed by atoms with E-state index in [1.54, 1.807) is 7.05 Å². The number of carbonyl (C=O) groups excluding carboxylic acids is 1. The van der Waals surface area contributed by atoms with Gasteiger partial charge in [-0.05, 0) is 26.0 Å². The average Bonchev–Trinajstić information content (AvgIpc) is 2.46. The Hall–Kier alpha value is -2.37. The largest absolute Gasteiger partial charge is 0.369 e. The lowest BCUT2D eigenvalue weighted by atomic mass is 10.2. The van der Waals surface area contributed by atoms with E-state index in [4.69, 9.17) is 0 Å². The fourth-order valence-electron chi connectivity index (χ4n) is 2.01. The van der Waals surface area contributed by atoms with Gasteiger partial charge in [0, 0.05) is 31.4 Å². The average molecular weight is 287 g/mol. The zero-order valence-electron chi connectivity index (χ0n) is 12.6. The third-order valence-corrected chi connectivity index (χ3v) is 2.92. The molecule has 6 nitrogen and oxygen atoms in total. The Balaban J connectivity index is 2.09. The van der Waals surface area contributed by atoms with Crippen LogP contribution in [0.1, 0.15) is 20.3 Å². The van der Waals surface area contributed by atoms with Crippen LogP contribution >= 0.6 is 0 Å². The molecule has 0 saturated carbocycles. The molecule has 0 saturated heterocycles. The van der Waals surface area contributed by atoms with Crippen molar-refractivity contribution in [2.45, 2.75) is 26.3 Å². The molecule has 6 heteroatoms. The summed E-state index contributed by atoms with van der Waals surface area (Å²) in [6.07, 6.45) is 0.408. The van der Waals surface area contributed by atoms with Crippen LogP contribution in [-0.4, -0.2) is 35.5 Å². The zero-order valence-corrected chi connectivity index (χ0v) is 12.6. The predicted molar refractivity (Wildman–Crippen MR) is 85.5 cm³/mol. The molecule has 0 bridgehead atoms. The molecule has 2 rings (SSSR count). The lowest BCUT2D eigenvalue weighted by Crippen LogP contribution is -2.31. The summed E-state index contributed by atoms with van der Waals surface area (Å²) in [6.45, 7) is 4.42. The molecule has 0 radical (unpaired) electrons. The number of nitrogens with one attached hydrogen (secondary N) is 3. The Kier molecular flexibility index (Phi) is 4.92. The summed E-state index contributed by atoms with van der Waals surface area (Å²) in [5, 5.41) is 9.97. The molecule has 3 N–H and O–H groups in total. The van der Waals surface area contributed by atoms with Crippen molar-refractivity contribution in [2.24, 2.45) is 0 Å². The van der Waals surface area contributed by atoms with E-state index >= 15 is 0 Å². The van der Waals surface area contributed by atoms with Crippen LogP contribution in [0, 0.1) is 0 Å². The number of nitrogens with zero attached hydrogens (tertiary/aromatic N) is 2. The number of benzene rings is 1. The van der Waals surface area contributed by atoms with E-state index in [2.05, 4.69) is 25.9 Å². The van der Waals surface area contributed by atoms with Crippen molar-refractivity contribution in [3.63, 3.8) is 0 Å². The highest BCUT2D eigenvalue weighted by Crippen LogP contribution is 2.21. The summed E-state index contributed by atoms with van der Waals surface area (Å²) in [4.78, 5) is 20.4. The zero-order chi connectivity index (χ0) is 15.2. The fourth-order valence-corrected chi connectivity index (χ4v) is 2.01. The molecule has 0 atom stereocenters. The molecule has 1 amide bonds. The Labute approximate surface area is 124 Å². The van der Waals surface area contributed by atoms with Gasteiger partial charge in [-0.15, -0.1) is 0 Å². The smallest absolute Gasteiger partial charge is 0.224 e. The van der Waals surface area contributed by atoms with Gasteiger partial charge in [0.2, 0.25) is 11.9 Å². The highest BCUT2D eigenvalue weighted by molar-refractivity contribution is 5.90. The first kappa shape index (κ1) is 15.0. The number of rotatable bonds is 6. The van der Waals surface area contributed by atoms with Gasteiger partial charge in [-0.2, -0.15) is 4.98 Å². The quantitative estimate of drug-likeness (QED) is 0.757. The molecule has 0 aliphatic heterocycles. The summed E-state index contributed by atoms with van der Waals surface area (Å²) in [6, 6.07) is 7.95. The van der Waals surface area contributed by atoms with Crippen LogP contribution in [0.5, 0.6) is 0 Å². The van der Waals surface area contributed by atoms with E-state index < -0.39 is 0 Å². The molecule has 0 unspecified atom stereocenters. The van der Waals surface area contributed by atoms with Crippen LogP contribution in [0.15, 0.2) is 24.3 Å². The molecule has 1 heterocycles. The molecule has 21 heavy (non-hydrogen) atoms. The number of aromatic nitrogens is 2. The predicted octanol–water partition coefficient (Wildman–Crippen LogP) is 2.00. The van der Waals surface area contributed by atoms with Crippen LogP contribution in [-0.2, 0) is 4.79 Å². The monoisotopic (exact) mass is 287 g/mol. The van der Waals surface area contributed by atoms with Crippen molar-refractivity contribution in [1.82, 2.24) is 15.3 Å². The third kappa shape index (κ3) is 4.05. The molecular formula is C15H21N5O. The van der Waals surface area contributed by atoms with E-state index in [0.717, 1.165) is 16.7 Å². The van der Waals surface area contributed by atoms with E-state index in [0.29, 0.717) is 18.9 Å². The molecule has 112 valence electrons.